The lowest BCUT2D eigenvalue weighted by Gasteiger charge is -1.97. The number of aryl methyl sites for hydroxylation is 1. The standard InChI is InChI=1S/C11H9FN4OS/c1-6-9(10(17)14-11(18)13-6)16-15-8-4-2-7(12)3-5-8/h2-5H,1H3,(H2,13,14,17,18). The van der Waals surface area contributed by atoms with E-state index in [9.17, 15) is 9.18 Å². The number of hydrogen-bond acceptors (Lipinski definition) is 4. The summed E-state index contributed by atoms with van der Waals surface area (Å²) >= 11 is 4.81. The van der Waals surface area contributed by atoms with Gasteiger partial charge in [0.25, 0.3) is 5.56 Å². The molecule has 1 heterocycles. The van der Waals surface area contributed by atoms with Crippen molar-refractivity contribution < 1.29 is 4.39 Å². The van der Waals surface area contributed by atoms with Crippen molar-refractivity contribution in [3.8, 4) is 0 Å². The summed E-state index contributed by atoms with van der Waals surface area (Å²) in [7, 11) is 0. The zero-order valence-corrected chi connectivity index (χ0v) is 10.2. The molecule has 0 saturated heterocycles. The van der Waals surface area contributed by atoms with Crippen LogP contribution in [0.1, 0.15) is 5.69 Å². The molecule has 92 valence electrons. The second kappa shape index (κ2) is 5.01. The van der Waals surface area contributed by atoms with E-state index in [2.05, 4.69) is 20.2 Å². The first-order valence-electron chi connectivity index (χ1n) is 5.07. The number of rotatable bonds is 2. The second-order valence-electron chi connectivity index (χ2n) is 3.56. The van der Waals surface area contributed by atoms with Crippen LogP contribution in [0.5, 0.6) is 0 Å². The number of aromatic amines is 2. The van der Waals surface area contributed by atoms with Crippen LogP contribution in [0.2, 0.25) is 0 Å². The van der Waals surface area contributed by atoms with E-state index in [-0.39, 0.29) is 16.3 Å². The van der Waals surface area contributed by atoms with Gasteiger partial charge in [-0.15, -0.1) is 5.11 Å². The maximum atomic E-state index is 12.7. The summed E-state index contributed by atoms with van der Waals surface area (Å²) in [5.74, 6) is -0.355. The molecule has 2 aromatic rings. The van der Waals surface area contributed by atoms with Crippen molar-refractivity contribution in [1.29, 1.82) is 0 Å². The Hall–Kier alpha value is -2.15. The molecule has 0 aliphatic carbocycles. The van der Waals surface area contributed by atoms with Gasteiger partial charge in [-0.2, -0.15) is 5.11 Å². The largest absolute Gasteiger partial charge is 0.334 e. The third-order valence-corrected chi connectivity index (χ3v) is 2.39. The van der Waals surface area contributed by atoms with Crippen molar-refractivity contribution in [2.24, 2.45) is 10.2 Å². The van der Waals surface area contributed by atoms with Gasteiger partial charge in [0.2, 0.25) is 0 Å². The van der Waals surface area contributed by atoms with Crippen molar-refractivity contribution in [3.63, 3.8) is 0 Å². The van der Waals surface area contributed by atoms with Crippen LogP contribution in [0, 0.1) is 17.5 Å². The van der Waals surface area contributed by atoms with Crippen LogP contribution in [0.15, 0.2) is 39.3 Å². The Bertz CT molecular complexity index is 702. The predicted molar refractivity (Wildman–Crippen MR) is 67.6 cm³/mol. The van der Waals surface area contributed by atoms with Crippen LogP contribution < -0.4 is 5.56 Å². The number of halogens is 1. The Morgan fingerprint density at radius 2 is 1.83 bits per heavy atom. The molecule has 2 N–H and O–H groups in total. The van der Waals surface area contributed by atoms with Crippen LogP contribution in [0.4, 0.5) is 15.8 Å². The zero-order valence-electron chi connectivity index (χ0n) is 9.40. The number of benzene rings is 1. The minimum atomic E-state index is -0.415. The van der Waals surface area contributed by atoms with Crippen LogP contribution in [0.3, 0.4) is 0 Å². The van der Waals surface area contributed by atoms with Crippen molar-refractivity contribution >= 4 is 23.6 Å². The van der Waals surface area contributed by atoms with Crippen molar-refractivity contribution in [1.82, 2.24) is 9.97 Å². The maximum Gasteiger partial charge on any atom is 0.279 e. The molecule has 0 aliphatic rings. The number of aromatic nitrogens is 2. The van der Waals surface area contributed by atoms with Gasteiger partial charge in [-0.25, -0.2) is 4.39 Å². The monoisotopic (exact) mass is 264 g/mol. The topological polar surface area (TPSA) is 73.4 Å². The Kier molecular flexibility index (Phi) is 3.42. The highest BCUT2D eigenvalue weighted by molar-refractivity contribution is 7.71. The van der Waals surface area contributed by atoms with E-state index in [0.29, 0.717) is 11.4 Å². The summed E-state index contributed by atoms with van der Waals surface area (Å²) in [6.07, 6.45) is 0. The molecule has 0 radical (unpaired) electrons. The summed E-state index contributed by atoms with van der Waals surface area (Å²) in [4.78, 5) is 16.8. The first-order valence-corrected chi connectivity index (χ1v) is 5.47. The van der Waals surface area contributed by atoms with Crippen LogP contribution in [-0.2, 0) is 0 Å². The smallest absolute Gasteiger partial charge is 0.279 e. The van der Waals surface area contributed by atoms with Crippen molar-refractivity contribution in [2.45, 2.75) is 6.92 Å². The van der Waals surface area contributed by atoms with Gasteiger partial charge in [-0.05, 0) is 43.4 Å². The highest BCUT2D eigenvalue weighted by Gasteiger charge is 2.02. The Morgan fingerprint density at radius 1 is 1.17 bits per heavy atom. The average molecular weight is 264 g/mol. The summed E-state index contributed by atoms with van der Waals surface area (Å²) in [5, 5.41) is 7.68. The van der Waals surface area contributed by atoms with Gasteiger partial charge >= 0.3 is 0 Å². The normalized spacial score (nSPS) is 11.0. The molecule has 0 atom stereocenters. The van der Waals surface area contributed by atoms with Gasteiger partial charge in [-0.3, -0.25) is 9.78 Å². The van der Waals surface area contributed by atoms with Crippen LogP contribution >= 0.6 is 12.2 Å². The first-order chi connectivity index (χ1) is 8.56. The van der Waals surface area contributed by atoms with Gasteiger partial charge < -0.3 is 4.98 Å². The first kappa shape index (κ1) is 12.3. The number of nitrogens with one attached hydrogen (secondary N) is 2. The summed E-state index contributed by atoms with van der Waals surface area (Å²) in [6.45, 7) is 1.67. The molecule has 0 amide bonds. The van der Waals surface area contributed by atoms with E-state index in [0.717, 1.165) is 0 Å². The maximum absolute atomic E-state index is 12.7. The third kappa shape index (κ3) is 2.75. The Morgan fingerprint density at radius 3 is 2.44 bits per heavy atom. The van der Waals surface area contributed by atoms with E-state index in [1.54, 1.807) is 6.92 Å². The zero-order chi connectivity index (χ0) is 13.1. The van der Waals surface area contributed by atoms with E-state index in [4.69, 9.17) is 12.2 Å². The summed E-state index contributed by atoms with van der Waals surface area (Å²) < 4.78 is 12.9. The fourth-order valence-corrected chi connectivity index (χ4v) is 1.58. The Balaban J connectivity index is 2.38. The number of H-pyrrole nitrogens is 2. The van der Waals surface area contributed by atoms with Crippen LogP contribution in [0.25, 0.3) is 0 Å². The van der Waals surface area contributed by atoms with Gasteiger partial charge in [0.05, 0.1) is 5.69 Å². The molecule has 0 saturated carbocycles. The summed E-state index contributed by atoms with van der Waals surface area (Å²) in [5.41, 5.74) is 0.710. The van der Waals surface area contributed by atoms with Gasteiger partial charge in [-0.1, -0.05) is 0 Å². The molecular formula is C11H9FN4OS. The lowest BCUT2D eigenvalue weighted by molar-refractivity contribution is 0.628. The molecular weight excluding hydrogens is 255 g/mol. The molecule has 0 aliphatic heterocycles. The minimum Gasteiger partial charge on any atom is -0.334 e. The molecule has 7 heteroatoms. The number of azo groups is 1. The second-order valence-corrected chi connectivity index (χ2v) is 3.97. The molecule has 1 aromatic carbocycles. The van der Waals surface area contributed by atoms with E-state index < -0.39 is 5.56 Å². The Labute approximate surface area is 106 Å². The van der Waals surface area contributed by atoms with E-state index in [1.165, 1.54) is 24.3 Å². The van der Waals surface area contributed by atoms with E-state index >= 15 is 0 Å². The summed E-state index contributed by atoms with van der Waals surface area (Å²) in [6, 6.07) is 5.47. The number of nitrogens with zero attached hydrogens (tertiary/aromatic N) is 2. The van der Waals surface area contributed by atoms with Crippen LogP contribution in [-0.4, -0.2) is 9.97 Å². The number of hydrogen-bond donors (Lipinski definition) is 2. The molecule has 2 rings (SSSR count). The van der Waals surface area contributed by atoms with Gasteiger partial charge in [0, 0.05) is 5.69 Å². The predicted octanol–water partition coefficient (Wildman–Crippen LogP) is 3.30. The molecule has 0 spiro atoms. The molecule has 1 aromatic heterocycles. The minimum absolute atomic E-state index is 0.146. The van der Waals surface area contributed by atoms with Gasteiger partial charge in [0.15, 0.2) is 10.5 Å². The third-order valence-electron chi connectivity index (χ3n) is 2.19. The highest BCUT2D eigenvalue weighted by Crippen LogP contribution is 2.17. The SMILES string of the molecule is Cc1[nH]c(=S)[nH]c(=O)c1N=Nc1ccc(F)cc1. The highest BCUT2D eigenvalue weighted by atomic mass is 32.1. The van der Waals surface area contributed by atoms with Crippen molar-refractivity contribution in [2.75, 3.05) is 0 Å². The fraction of sp³-hybridized carbons (Fsp3) is 0.0909. The average Bonchev–Trinajstić information content (AvgIpc) is 2.30. The van der Waals surface area contributed by atoms with E-state index in [1.807, 2.05) is 0 Å². The molecule has 0 fully saturated rings. The molecule has 5 nitrogen and oxygen atoms in total. The molecule has 18 heavy (non-hydrogen) atoms. The van der Waals surface area contributed by atoms with Crippen molar-refractivity contribution in [3.05, 3.63) is 50.9 Å². The molecule has 0 unspecified atom stereocenters. The lowest BCUT2D eigenvalue weighted by Crippen LogP contribution is -2.08. The quantitative estimate of drug-likeness (QED) is 0.645. The van der Waals surface area contributed by atoms with Gasteiger partial charge in [0.1, 0.15) is 5.82 Å². The lowest BCUT2D eigenvalue weighted by atomic mass is 10.3. The molecule has 0 bridgehead atoms. The fourth-order valence-electron chi connectivity index (χ4n) is 1.33.